The highest BCUT2D eigenvalue weighted by Crippen LogP contribution is 2.26. The molecule has 120 valence electrons. The number of hydrogen-bond donors (Lipinski definition) is 1. The van der Waals surface area contributed by atoms with Crippen LogP contribution in [-0.4, -0.2) is 27.8 Å². The maximum atomic E-state index is 12.3. The van der Waals surface area contributed by atoms with E-state index in [4.69, 9.17) is 20.8 Å². The van der Waals surface area contributed by atoms with Gasteiger partial charge in [0.2, 0.25) is 10.0 Å². The average Bonchev–Trinajstić information content (AvgIpc) is 3.00. The molecule has 2 aromatic rings. The third-order valence-electron chi connectivity index (χ3n) is 2.78. The third-order valence-corrected chi connectivity index (χ3v) is 5.48. The molecule has 0 radical (unpaired) electrons. The molecule has 0 bridgehead atoms. The number of halogens is 1. The molecule has 8 heteroatoms. The summed E-state index contributed by atoms with van der Waals surface area (Å²) >= 11 is 7.44. The molecule has 1 aromatic heterocycles. The molecule has 0 fully saturated rings. The fraction of sp³-hybridized carbons (Fsp3) is 0.286. The normalized spacial score (nSPS) is 11.5. The van der Waals surface area contributed by atoms with E-state index in [1.165, 1.54) is 19.2 Å². The second kappa shape index (κ2) is 7.92. The monoisotopic (exact) mass is 361 g/mol. The van der Waals surface area contributed by atoms with E-state index in [1.807, 2.05) is 12.1 Å². The first kappa shape index (κ1) is 17.2. The first-order valence-electron chi connectivity index (χ1n) is 6.46. The SMILES string of the molecule is COc1ccc(Cl)cc1S(=O)(=O)NCCSCc1ccco1. The zero-order chi connectivity index (χ0) is 16.0. The zero-order valence-corrected chi connectivity index (χ0v) is 14.3. The molecule has 0 saturated heterocycles. The average molecular weight is 362 g/mol. The Bertz CT molecular complexity index is 702. The van der Waals surface area contributed by atoms with Gasteiger partial charge in [0.05, 0.1) is 19.1 Å². The van der Waals surface area contributed by atoms with Crippen LogP contribution in [0.3, 0.4) is 0 Å². The van der Waals surface area contributed by atoms with Crippen molar-refractivity contribution in [1.29, 1.82) is 0 Å². The predicted octanol–water partition coefficient (Wildman–Crippen LogP) is 3.15. The number of benzene rings is 1. The van der Waals surface area contributed by atoms with Crippen molar-refractivity contribution in [2.75, 3.05) is 19.4 Å². The molecule has 2 rings (SSSR count). The molecule has 0 unspecified atom stereocenters. The highest BCUT2D eigenvalue weighted by atomic mass is 35.5. The number of nitrogens with one attached hydrogen (secondary N) is 1. The topological polar surface area (TPSA) is 68.5 Å². The molecular formula is C14H16ClNO4S2. The van der Waals surface area contributed by atoms with Gasteiger partial charge in [-0.05, 0) is 30.3 Å². The van der Waals surface area contributed by atoms with Gasteiger partial charge in [-0.15, -0.1) is 0 Å². The maximum absolute atomic E-state index is 12.3. The van der Waals surface area contributed by atoms with Crippen molar-refractivity contribution in [1.82, 2.24) is 4.72 Å². The second-order valence-corrected chi connectivity index (χ2v) is 7.60. The van der Waals surface area contributed by atoms with Gasteiger partial charge in [0.25, 0.3) is 0 Å². The first-order valence-corrected chi connectivity index (χ1v) is 9.48. The van der Waals surface area contributed by atoms with E-state index in [2.05, 4.69) is 4.72 Å². The highest BCUT2D eigenvalue weighted by molar-refractivity contribution is 7.98. The second-order valence-electron chi connectivity index (χ2n) is 4.32. The van der Waals surface area contributed by atoms with E-state index in [0.717, 1.165) is 5.76 Å². The molecule has 0 aliphatic heterocycles. The van der Waals surface area contributed by atoms with Gasteiger partial charge >= 0.3 is 0 Å². The van der Waals surface area contributed by atoms with Crippen LogP contribution in [-0.2, 0) is 15.8 Å². The standard InChI is InChI=1S/C14H16ClNO4S2/c1-19-13-5-4-11(15)9-14(13)22(17,18)16-6-8-21-10-12-3-2-7-20-12/h2-5,7,9,16H,6,8,10H2,1H3. The minimum atomic E-state index is -3.66. The van der Waals surface area contributed by atoms with Gasteiger partial charge in [0.1, 0.15) is 16.4 Å². The summed E-state index contributed by atoms with van der Waals surface area (Å²) < 4.78 is 37.4. The van der Waals surface area contributed by atoms with Crippen LogP contribution in [0.1, 0.15) is 5.76 Å². The lowest BCUT2D eigenvalue weighted by Gasteiger charge is -2.10. The van der Waals surface area contributed by atoms with E-state index in [9.17, 15) is 8.42 Å². The van der Waals surface area contributed by atoms with Crippen molar-refractivity contribution in [3.05, 3.63) is 47.4 Å². The van der Waals surface area contributed by atoms with E-state index < -0.39 is 10.0 Å². The van der Waals surface area contributed by atoms with Gasteiger partial charge in [0, 0.05) is 17.3 Å². The molecular weight excluding hydrogens is 346 g/mol. The molecule has 0 atom stereocenters. The van der Waals surface area contributed by atoms with Gasteiger partial charge in [0.15, 0.2) is 0 Å². The van der Waals surface area contributed by atoms with Crippen LogP contribution >= 0.6 is 23.4 Å². The number of methoxy groups -OCH3 is 1. The summed E-state index contributed by atoms with van der Waals surface area (Å²) in [5, 5.41) is 0.341. The van der Waals surface area contributed by atoms with Crippen LogP contribution in [0, 0.1) is 0 Å². The molecule has 1 N–H and O–H groups in total. The minimum Gasteiger partial charge on any atom is -0.495 e. The number of thioether (sulfide) groups is 1. The summed E-state index contributed by atoms with van der Waals surface area (Å²) in [5.74, 6) is 2.46. The summed E-state index contributed by atoms with van der Waals surface area (Å²) in [7, 11) is -2.24. The number of furan rings is 1. The van der Waals surface area contributed by atoms with Gasteiger partial charge in [-0.1, -0.05) is 11.6 Å². The van der Waals surface area contributed by atoms with Crippen molar-refractivity contribution in [3.63, 3.8) is 0 Å². The Balaban J connectivity index is 1.89. The van der Waals surface area contributed by atoms with Crippen LogP contribution in [0.15, 0.2) is 45.9 Å². The van der Waals surface area contributed by atoms with Crippen LogP contribution in [0.5, 0.6) is 5.75 Å². The lowest BCUT2D eigenvalue weighted by atomic mass is 10.3. The molecule has 1 aromatic carbocycles. The summed E-state index contributed by atoms with van der Waals surface area (Å²) in [6.45, 7) is 0.309. The molecule has 0 saturated carbocycles. The molecule has 0 aliphatic carbocycles. The van der Waals surface area contributed by atoms with Crippen molar-refractivity contribution in [2.24, 2.45) is 0 Å². The molecule has 22 heavy (non-hydrogen) atoms. The first-order chi connectivity index (χ1) is 10.5. The van der Waals surface area contributed by atoms with Crippen molar-refractivity contribution < 1.29 is 17.6 Å². The van der Waals surface area contributed by atoms with Gasteiger partial charge in [-0.3, -0.25) is 0 Å². The fourth-order valence-electron chi connectivity index (χ4n) is 1.75. The fourth-order valence-corrected chi connectivity index (χ4v) is 4.10. The van der Waals surface area contributed by atoms with Gasteiger partial charge in [-0.25, -0.2) is 13.1 Å². The van der Waals surface area contributed by atoms with Crippen molar-refractivity contribution >= 4 is 33.4 Å². The molecule has 0 aliphatic rings. The van der Waals surface area contributed by atoms with Crippen LogP contribution in [0.2, 0.25) is 5.02 Å². The van der Waals surface area contributed by atoms with Gasteiger partial charge < -0.3 is 9.15 Å². The summed E-state index contributed by atoms with van der Waals surface area (Å²) in [5.41, 5.74) is 0. The van der Waals surface area contributed by atoms with E-state index in [-0.39, 0.29) is 10.6 Å². The largest absolute Gasteiger partial charge is 0.495 e. The Labute approximate surface area is 139 Å². The molecule has 5 nitrogen and oxygen atoms in total. The summed E-state index contributed by atoms with van der Waals surface area (Å²) in [6, 6.07) is 8.19. The number of hydrogen-bond acceptors (Lipinski definition) is 5. The summed E-state index contributed by atoms with van der Waals surface area (Å²) in [4.78, 5) is 0.0403. The number of rotatable bonds is 8. The summed E-state index contributed by atoms with van der Waals surface area (Å²) in [6.07, 6.45) is 1.62. The maximum Gasteiger partial charge on any atom is 0.244 e. The number of sulfonamides is 1. The van der Waals surface area contributed by atoms with Crippen molar-refractivity contribution in [3.8, 4) is 5.75 Å². The Kier molecular flexibility index (Phi) is 6.19. The predicted molar refractivity (Wildman–Crippen MR) is 88.1 cm³/mol. The van der Waals surface area contributed by atoms with Crippen LogP contribution in [0.25, 0.3) is 0 Å². The number of ether oxygens (including phenoxy) is 1. The van der Waals surface area contributed by atoms with Gasteiger partial charge in [-0.2, -0.15) is 11.8 Å². The quantitative estimate of drug-likeness (QED) is 0.731. The Morgan fingerprint density at radius 1 is 1.36 bits per heavy atom. The van der Waals surface area contributed by atoms with E-state index >= 15 is 0 Å². The van der Waals surface area contributed by atoms with Crippen LogP contribution < -0.4 is 9.46 Å². The molecule has 0 amide bonds. The third kappa shape index (κ3) is 4.67. The zero-order valence-electron chi connectivity index (χ0n) is 11.9. The van der Waals surface area contributed by atoms with Crippen LogP contribution in [0.4, 0.5) is 0 Å². The van der Waals surface area contributed by atoms with E-state index in [1.54, 1.807) is 24.1 Å². The lowest BCUT2D eigenvalue weighted by molar-refractivity contribution is 0.402. The minimum absolute atomic E-state index is 0.0403. The Morgan fingerprint density at radius 3 is 2.86 bits per heavy atom. The smallest absolute Gasteiger partial charge is 0.244 e. The molecule has 0 spiro atoms. The Hall–Kier alpha value is -1.15. The van der Waals surface area contributed by atoms with Crippen molar-refractivity contribution in [2.45, 2.75) is 10.6 Å². The lowest BCUT2D eigenvalue weighted by Crippen LogP contribution is -2.26. The van der Waals surface area contributed by atoms with E-state index in [0.29, 0.717) is 23.1 Å². The molecule has 1 heterocycles. The highest BCUT2D eigenvalue weighted by Gasteiger charge is 2.19. The Morgan fingerprint density at radius 2 is 2.18 bits per heavy atom.